The van der Waals surface area contributed by atoms with Crippen LogP contribution < -0.4 is 11.1 Å². The molecule has 120 valence electrons. The number of para-hydroxylation sites is 1. The van der Waals surface area contributed by atoms with Gasteiger partial charge in [-0.25, -0.2) is 4.98 Å². The van der Waals surface area contributed by atoms with Crippen LogP contribution in [0.5, 0.6) is 0 Å². The maximum absolute atomic E-state index is 12.2. The molecule has 1 heterocycles. The first kappa shape index (κ1) is 18.2. The highest BCUT2D eigenvalue weighted by Crippen LogP contribution is 2.15. The fourth-order valence-electron chi connectivity index (χ4n) is 2.32. The van der Waals surface area contributed by atoms with Crippen molar-refractivity contribution < 1.29 is 4.79 Å². The molecule has 1 aromatic heterocycles. The van der Waals surface area contributed by atoms with Gasteiger partial charge in [-0.2, -0.15) is 0 Å². The summed E-state index contributed by atoms with van der Waals surface area (Å²) >= 11 is 0. The standard InChI is InChI=1S/C16H22N4O.ClH/c1-3-8-16(2,17)15(21)19-11-13-6-4-5-7-14(13)20-10-9-18-12-20;/h4-7,9-10,12H,3,8,11,17H2,1-2H3,(H,19,21);1H. The van der Waals surface area contributed by atoms with Crippen molar-refractivity contribution in [1.29, 1.82) is 0 Å². The van der Waals surface area contributed by atoms with E-state index in [1.165, 1.54) is 0 Å². The van der Waals surface area contributed by atoms with Crippen molar-refractivity contribution in [1.82, 2.24) is 14.9 Å². The largest absolute Gasteiger partial charge is 0.350 e. The fraction of sp³-hybridized carbons (Fsp3) is 0.375. The minimum Gasteiger partial charge on any atom is -0.350 e. The van der Waals surface area contributed by atoms with Crippen LogP contribution in [0.4, 0.5) is 0 Å². The lowest BCUT2D eigenvalue weighted by atomic mass is 9.96. The molecule has 2 aromatic rings. The van der Waals surface area contributed by atoms with Crippen LogP contribution in [0.1, 0.15) is 32.3 Å². The lowest BCUT2D eigenvalue weighted by Crippen LogP contribution is -2.51. The molecule has 1 unspecified atom stereocenters. The van der Waals surface area contributed by atoms with Gasteiger partial charge in [-0.3, -0.25) is 4.79 Å². The van der Waals surface area contributed by atoms with Crippen LogP contribution in [0, 0.1) is 0 Å². The Hall–Kier alpha value is -1.85. The van der Waals surface area contributed by atoms with Gasteiger partial charge < -0.3 is 15.6 Å². The lowest BCUT2D eigenvalue weighted by Gasteiger charge is -2.23. The number of nitrogens with one attached hydrogen (secondary N) is 1. The molecule has 0 aliphatic heterocycles. The van der Waals surface area contributed by atoms with Gasteiger partial charge in [0.1, 0.15) is 0 Å². The van der Waals surface area contributed by atoms with Gasteiger partial charge in [0.25, 0.3) is 0 Å². The van der Waals surface area contributed by atoms with Crippen LogP contribution in [0.25, 0.3) is 5.69 Å². The zero-order chi connectivity index (χ0) is 15.3. The molecule has 1 atom stereocenters. The summed E-state index contributed by atoms with van der Waals surface area (Å²) in [5.41, 5.74) is 7.25. The van der Waals surface area contributed by atoms with E-state index in [1.807, 2.05) is 42.0 Å². The maximum Gasteiger partial charge on any atom is 0.240 e. The first-order chi connectivity index (χ1) is 10.0. The number of benzene rings is 1. The van der Waals surface area contributed by atoms with E-state index in [0.717, 1.165) is 17.7 Å². The van der Waals surface area contributed by atoms with E-state index in [0.29, 0.717) is 13.0 Å². The predicted molar refractivity (Wildman–Crippen MR) is 90.2 cm³/mol. The van der Waals surface area contributed by atoms with Gasteiger partial charge in [-0.05, 0) is 25.0 Å². The zero-order valence-electron chi connectivity index (χ0n) is 13.0. The van der Waals surface area contributed by atoms with Gasteiger partial charge in [0.2, 0.25) is 5.91 Å². The van der Waals surface area contributed by atoms with Gasteiger partial charge in [0.05, 0.1) is 17.6 Å². The quantitative estimate of drug-likeness (QED) is 0.858. The van der Waals surface area contributed by atoms with Crippen LogP contribution in [0.2, 0.25) is 0 Å². The van der Waals surface area contributed by atoms with Crippen LogP contribution >= 0.6 is 12.4 Å². The molecule has 0 bridgehead atoms. The van der Waals surface area contributed by atoms with Gasteiger partial charge in [-0.15, -0.1) is 12.4 Å². The molecule has 0 saturated carbocycles. The monoisotopic (exact) mass is 322 g/mol. The average molecular weight is 323 g/mol. The second kappa shape index (κ2) is 7.96. The van der Waals surface area contributed by atoms with Gasteiger partial charge >= 0.3 is 0 Å². The summed E-state index contributed by atoms with van der Waals surface area (Å²) in [4.78, 5) is 16.2. The van der Waals surface area contributed by atoms with E-state index in [1.54, 1.807) is 19.4 Å². The summed E-state index contributed by atoms with van der Waals surface area (Å²) < 4.78 is 1.93. The highest BCUT2D eigenvalue weighted by molar-refractivity contribution is 5.85. The van der Waals surface area contributed by atoms with E-state index in [-0.39, 0.29) is 18.3 Å². The number of nitrogens with zero attached hydrogens (tertiary/aromatic N) is 2. The van der Waals surface area contributed by atoms with Crippen molar-refractivity contribution in [3.8, 4) is 5.69 Å². The molecule has 0 radical (unpaired) electrons. The van der Waals surface area contributed by atoms with E-state index < -0.39 is 5.54 Å². The molecular weight excluding hydrogens is 300 g/mol. The molecule has 6 heteroatoms. The predicted octanol–water partition coefficient (Wildman–Crippen LogP) is 2.43. The lowest BCUT2D eigenvalue weighted by molar-refractivity contribution is -0.126. The molecule has 0 aliphatic rings. The molecule has 22 heavy (non-hydrogen) atoms. The summed E-state index contributed by atoms with van der Waals surface area (Å²) in [5, 5.41) is 2.93. The molecule has 2 rings (SSSR count). The Morgan fingerprint density at radius 1 is 1.41 bits per heavy atom. The number of hydrogen-bond donors (Lipinski definition) is 2. The Morgan fingerprint density at radius 2 is 2.14 bits per heavy atom. The fourth-order valence-corrected chi connectivity index (χ4v) is 2.32. The highest BCUT2D eigenvalue weighted by atomic mass is 35.5. The zero-order valence-corrected chi connectivity index (χ0v) is 13.8. The van der Waals surface area contributed by atoms with Crippen LogP contribution in [-0.2, 0) is 11.3 Å². The first-order valence-corrected chi connectivity index (χ1v) is 7.18. The Bertz CT molecular complexity index is 596. The minimum atomic E-state index is -0.821. The first-order valence-electron chi connectivity index (χ1n) is 7.18. The Morgan fingerprint density at radius 3 is 2.77 bits per heavy atom. The number of halogens is 1. The second-order valence-corrected chi connectivity index (χ2v) is 5.45. The molecule has 5 nitrogen and oxygen atoms in total. The number of nitrogens with two attached hydrogens (primary N) is 1. The van der Waals surface area contributed by atoms with E-state index in [9.17, 15) is 4.79 Å². The summed E-state index contributed by atoms with van der Waals surface area (Å²) in [6.45, 7) is 4.24. The van der Waals surface area contributed by atoms with Crippen LogP contribution in [0.15, 0.2) is 43.0 Å². The number of carbonyl (C=O) groups is 1. The van der Waals surface area contributed by atoms with Crippen molar-refractivity contribution in [3.05, 3.63) is 48.5 Å². The number of hydrogen-bond acceptors (Lipinski definition) is 3. The second-order valence-electron chi connectivity index (χ2n) is 5.45. The van der Waals surface area contributed by atoms with Crippen molar-refractivity contribution in [2.45, 2.75) is 38.8 Å². The van der Waals surface area contributed by atoms with Crippen molar-refractivity contribution in [2.75, 3.05) is 0 Å². The van der Waals surface area contributed by atoms with Crippen molar-refractivity contribution >= 4 is 18.3 Å². The minimum absolute atomic E-state index is 0. The third kappa shape index (κ3) is 4.32. The van der Waals surface area contributed by atoms with E-state index in [4.69, 9.17) is 5.73 Å². The Labute approximate surface area is 137 Å². The van der Waals surface area contributed by atoms with Crippen LogP contribution in [0.3, 0.4) is 0 Å². The molecule has 1 amide bonds. The third-order valence-corrected chi connectivity index (χ3v) is 3.50. The van der Waals surface area contributed by atoms with Crippen molar-refractivity contribution in [3.63, 3.8) is 0 Å². The maximum atomic E-state index is 12.2. The number of amides is 1. The average Bonchev–Trinajstić information content (AvgIpc) is 2.99. The SMILES string of the molecule is CCCC(C)(N)C(=O)NCc1ccccc1-n1ccnc1.Cl. The molecule has 0 fully saturated rings. The summed E-state index contributed by atoms with van der Waals surface area (Å²) in [6, 6.07) is 7.90. The molecule has 1 aromatic carbocycles. The number of carbonyl (C=O) groups excluding carboxylic acids is 1. The Kier molecular flexibility index (Phi) is 6.59. The van der Waals surface area contributed by atoms with Crippen molar-refractivity contribution in [2.24, 2.45) is 5.73 Å². The summed E-state index contributed by atoms with van der Waals surface area (Å²) in [5.74, 6) is -0.121. The van der Waals surface area contributed by atoms with Gasteiger partial charge in [0, 0.05) is 18.9 Å². The summed E-state index contributed by atoms with van der Waals surface area (Å²) in [7, 11) is 0. The normalized spacial score (nSPS) is 13.0. The number of imidazole rings is 1. The third-order valence-electron chi connectivity index (χ3n) is 3.50. The number of rotatable bonds is 6. The smallest absolute Gasteiger partial charge is 0.240 e. The molecular formula is C16H23ClN4O. The molecule has 0 saturated heterocycles. The van der Waals surface area contributed by atoms with E-state index in [2.05, 4.69) is 10.3 Å². The molecule has 0 spiro atoms. The van der Waals surface area contributed by atoms with Gasteiger partial charge in [-0.1, -0.05) is 31.5 Å². The molecule has 3 N–H and O–H groups in total. The van der Waals surface area contributed by atoms with E-state index >= 15 is 0 Å². The van der Waals surface area contributed by atoms with Crippen LogP contribution in [-0.4, -0.2) is 21.0 Å². The molecule has 0 aliphatic carbocycles. The van der Waals surface area contributed by atoms with Gasteiger partial charge in [0.15, 0.2) is 0 Å². The summed E-state index contributed by atoms with van der Waals surface area (Å²) in [6.07, 6.45) is 6.90. The Balaban J connectivity index is 0.00000242. The number of aromatic nitrogens is 2. The topological polar surface area (TPSA) is 72.9 Å². The highest BCUT2D eigenvalue weighted by Gasteiger charge is 2.26.